The van der Waals surface area contributed by atoms with E-state index in [1.807, 2.05) is 0 Å². The lowest BCUT2D eigenvalue weighted by Crippen LogP contribution is -2.21. The number of anilines is 1. The molecule has 0 bridgehead atoms. The zero-order valence-electron chi connectivity index (χ0n) is 12.6. The maximum Gasteiger partial charge on any atom is 0.310 e. The van der Waals surface area contributed by atoms with Gasteiger partial charge in [0.2, 0.25) is 6.79 Å². The van der Waals surface area contributed by atoms with Gasteiger partial charge < -0.3 is 19.5 Å². The second-order valence-electron chi connectivity index (χ2n) is 5.08. The minimum absolute atomic E-state index is 0.0779. The molecule has 2 aromatic carbocycles. The van der Waals surface area contributed by atoms with Gasteiger partial charge in [0.25, 0.3) is 5.91 Å². The number of carbonyl (C=O) groups excluding carboxylic acids is 2. The highest BCUT2D eigenvalue weighted by Crippen LogP contribution is 2.34. The van der Waals surface area contributed by atoms with Crippen LogP contribution in [0.1, 0.15) is 5.56 Å². The van der Waals surface area contributed by atoms with Gasteiger partial charge in [-0.15, -0.1) is 0 Å². The van der Waals surface area contributed by atoms with Crippen molar-refractivity contribution in [1.82, 2.24) is 0 Å². The van der Waals surface area contributed by atoms with Crippen LogP contribution in [0.2, 0.25) is 5.02 Å². The van der Waals surface area contributed by atoms with Crippen LogP contribution in [0.15, 0.2) is 42.5 Å². The van der Waals surface area contributed by atoms with Crippen LogP contribution in [0.4, 0.5) is 5.69 Å². The number of ether oxygens (including phenoxy) is 3. The Bertz CT molecular complexity index is 760. The van der Waals surface area contributed by atoms with E-state index in [0.29, 0.717) is 22.2 Å². The number of rotatable bonds is 5. The third-order valence-electron chi connectivity index (χ3n) is 3.28. The van der Waals surface area contributed by atoms with Crippen molar-refractivity contribution in [3.05, 3.63) is 53.1 Å². The van der Waals surface area contributed by atoms with Crippen LogP contribution in [0, 0.1) is 0 Å². The highest BCUT2D eigenvalue weighted by atomic mass is 35.5. The molecule has 6 nitrogen and oxygen atoms in total. The Balaban J connectivity index is 1.46. The summed E-state index contributed by atoms with van der Waals surface area (Å²) in [5, 5.41) is 3.22. The molecule has 0 spiro atoms. The van der Waals surface area contributed by atoms with Crippen molar-refractivity contribution in [3.63, 3.8) is 0 Å². The standard InChI is InChI=1S/C17H14ClNO5/c18-12-3-1-11(2-4-12)7-17(21)22-9-16(20)19-13-5-6-14-15(8-13)24-10-23-14/h1-6,8H,7,9-10H2,(H,19,20). The number of amides is 1. The number of fused-ring (bicyclic) bond motifs is 1. The number of esters is 1. The van der Waals surface area contributed by atoms with Gasteiger partial charge in [-0.2, -0.15) is 0 Å². The van der Waals surface area contributed by atoms with Gasteiger partial charge >= 0.3 is 5.97 Å². The first-order valence-corrected chi connectivity index (χ1v) is 7.57. The van der Waals surface area contributed by atoms with E-state index >= 15 is 0 Å². The summed E-state index contributed by atoms with van der Waals surface area (Å²) in [4.78, 5) is 23.6. The summed E-state index contributed by atoms with van der Waals surface area (Å²) in [7, 11) is 0. The van der Waals surface area contributed by atoms with Gasteiger partial charge in [0, 0.05) is 16.8 Å². The van der Waals surface area contributed by atoms with E-state index in [9.17, 15) is 9.59 Å². The van der Waals surface area contributed by atoms with E-state index in [4.69, 9.17) is 25.8 Å². The van der Waals surface area contributed by atoms with Gasteiger partial charge in [-0.25, -0.2) is 0 Å². The quantitative estimate of drug-likeness (QED) is 0.842. The summed E-state index contributed by atoms with van der Waals surface area (Å²) in [5.41, 5.74) is 1.30. The average molecular weight is 348 g/mol. The molecule has 3 rings (SSSR count). The Kier molecular flexibility index (Phi) is 4.86. The maximum absolute atomic E-state index is 11.8. The van der Waals surface area contributed by atoms with E-state index in [1.54, 1.807) is 42.5 Å². The summed E-state index contributed by atoms with van der Waals surface area (Å²) >= 11 is 5.78. The molecule has 0 fully saturated rings. The summed E-state index contributed by atoms with van der Waals surface area (Å²) in [6.45, 7) is -0.199. The minimum Gasteiger partial charge on any atom is -0.455 e. The Hall–Kier alpha value is -2.73. The fourth-order valence-corrected chi connectivity index (χ4v) is 2.26. The SMILES string of the molecule is O=C(COC(=O)Cc1ccc(Cl)cc1)Nc1ccc2c(c1)OCO2. The molecule has 2 aromatic rings. The van der Waals surface area contributed by atoms with Crippen LogP contribution in [0.25, 0.3) is 0 Å². The lowest BCUT2D eigenvalue weighted by Gasteiger charge is -2.07. The molecule has 0 aromatic heterocycles. The predicted octanol–water partition coefficient (Wildman–Crippen LogP) is 2.79. The predicted molar refractivity (Wildman–Crippen MR) is 87.3 cm³/mol. The molecule has 1 amide bonds. The summed E-state index contributed by atoms with van der Waals surface area (Å²) in [6, 6.07) is 11.9. The van der Waals surface area contributed by atoms with Gasteiger partial charge in [0.1, 0.15) is 0 Å². The van der Waals surface area contributed by atoms with Crippen molar-refractivity contribution >= 4 is 29.2 Å². The molecule has 1 aliphatic rings. The highest BCUT2D eigenvalue weighted by molar-refractivity contribution is 6.30. The van der Waals surface area contributed by atoms with Gasteiger partial charge in [-0.3, -0.25) is 9.59 Å². The minimum atomic E-state index is -0.488. The van der Waals surface area contributed by atoms with Gasteiger partial charge in [0.15, 0.2) is 18.1 Å². The Morgan fingerprint density at radius 3 is 2.62 bits per heavy atom. The lowest BCUT2D eigenvalue weighted by atomic mass is 10.1. The van der Waals surface area contributed by atoms with Gasteiger partial charge in [0.05, 0.1) is 6.42 Å². The average Bonchev–Trinajstić information content (AvgIpc) is 3.03. The molecule has 1 heterocycles. The third-order valence-corrected chi connectivity index (χ3v) is 3.53. The third kappa shape index (κ3) is 4.17. The first-order chi connectivity index (χ1) is 11.6. The number of hydrogen-bond acceptors (Lipinski definition) is 5. The second kappa shape index (κ2) is 7.23. The molecule has 124 valence electrons. The first kappa shape index (κ1) is 16.1. The Labute approximate surface area is 143 Å². The summed E-state index contributed by atoms with van der Waals surface area (Å²) < 4.78 is 15.4. The zero-order valence-corrected chi connectivity index (χ0v) is 13.3. The van der Waals surface area contributed by atoms with Crippen LogP contribution < -0.4 is 14.8 Å². The van der Waals surface area contributed by atoms with Crippen molar-refractivity contribution in [2.24, 2.45) is 0 Å². The Morgan fingerprint density at radius 2 is 1.83 bits per heavy atom. The zero-order chi connectivity index (χ0) is 16.9. The molecular weight excluding hydrogens is 334 g/mol. The molecule has 0 saturated carbocycles. The van der Waals surface area contributed by atoms with Crippen molar-refractivity contribution in [2.45, 2.75) is 6.42 Å². The van der Waals surface area contributed by atoms with Gasteiger partial charge in [-0.05, 0) is 29.8 Å². The normalized spacial score (nSPS) is 11.9. The number of benzene rings is 2. The summed E-state index contributed by atoms with van der Waals surface area (Å²) in [6.07, 6.45) is 0.0779. The molecule has 0 saturated heterocycles. The number of halogens is 1. The van der Waals surface area contributed by atoms with E-state index in [-0.39, 0.29) is 19.8 Å². The van der Waals surface area contributed by atoms with E-state index in [0.717, 1.165) is 5.56 Å². The van der Waals surface area contributed by atoms with Crippen molar-refractivity contribution in [1.29, 1.82) is 0 Å². The molecule has 0 unspecified atom stereocenters. The largest absolute Gasteiger partial charge is 0.455 e. The fraction of sp³-hybridized carbons (Fsp3) is 0.176. The number of hydrogen-bond donors (Lipinski definition) is 1. The monoisotopic (exact) mass is 347 g/mol. The van der Waals surface area contributed by atoms with Crippen LogP contribution in [-0.4, -0.2) is 25.3 Å². The molecule has 7 heteroatoms. The number of nitrogens with one attached hydrogen (secondary N) is 1. The molecular formula is C17H14ClNO5. The van der Waals surface area contributed by atoms with Crippen LogP contribution >= 0.6 is 11.6 Å². The van der Waals surface area contributed by atoms with Crippen LogP contribution in [0.3, 0.4) is 0 Å². The van der Waals surface area contributed by atoms with Crippen LogP contribution in [0.5, 0.6) is 11.5 Å². The fourth-order valence-electron chi connectivity index (χ4n) is 2.14. The van der Waals surface area contributed by atoms with Crippen LogP contribution in [-0.2, 0) is 20.7 Å². The van der Waals surface area contributed by atoms with Crippen molar-refractivity contribution in [2.75, 3.05) is 18.7 Å². The second-order valence-corrected chi connectivity index (χ2v) is 5.52. The Morgan fingerprint density at radius 1 is 1.08 bits per heavy atom. The van der Waals surface area contributed by atoms with E-state index in [1.165, 1.54) is 0 Å². The highest BCUT2D eigenvalue weighted by Gasteiger charge is 2.15. The molecule has 24 heavy (non-hydrogen) atoms. The molecule has 0 atom stereocenters. The van der Waals surface area contributed by atoms with Gasteiger partial charge in [-0.1, -0.05) is 23.7 Å². The lowest BCUT2D eigenvalue weighted by molar-refractivity contribution is -0.146. The summed E-state index contributed by atoms with van der Waals surface area (Å²) in [5.74, 6) is 0.270. The topological polar surface area (TPSA) is 73.9 Å². The number of carbonyl (C=O) groups is 2. The molecule has 0 radical (unpaired) electrons. The van der Waals surface area contributed by atoms with E-state index in [2.05, 4.69) is 5.32 Å². The van der Waals surface area contributed by atoms with E-state index < -0.39 is 11.9 Å². The smallest absolute Gasteiger partial charge is 0.310 e. The molecule has 1 aliphatic heterocycles. The molecule has 0 aliphatic carbocycles. The maximum atomic E-state index is 11.8. The first-order valence-electron chi connectivity index (χ1n) is 7.20. The van der Waals surface area contributed by atoms with Crippen molar-refractivity contribution < 1.29 is 23.8 Å². The van der Waals surface area contributed by atoms with Crippen molar-refractivity contribution in [3.8, 4) is 11.5 Å². The molecule has 1 N–H and O–H groups in total.